The molecule has 19 heavy (non-hydrogen) atoms. The van der Waals surface area contributed by atoms with Crippen molar-refractivity contribution < 1.29 is 4.42 Å². The van der Waals surface area contributed by atoms with Gasteiger partial charge < -0.3 is 14.6 Å². The second kappa shape index (κ2) is 6.07. The van der Waals surface area contributed by atoms with Crippen LogP contribution in [0.15, 0.2) is 33.2 Å². The molecule has 1 heterocycles. The third kappa shape index (κ3) is 3.59. The number of hydrogen-bond acceptors (Lipinski definition) is 3. The van der Waals surface area contributed by atoms with Crippen LogP contribution in [0.5, 0.6) is 0 Å². The Kier molecular flexibility index (Phi) is 4.66. The molecule has 2 unspecified atom stereocenters. The van der Waals surface area contributed by atoms with Crippen molar-refractivity contribution in [3.63, 3.8) is 0 Å². The van der Waals surface area contributed by atoms with E-state index in [1.807, 2.05) is 12.1 Å². The summed E-state index contributed by atoms with van der Waals surface area (Å²) in [6.45, 7) is 5.28. The van der Waals surface area contributed by atoms with Gasteiger partial charge in [-0.25, -0.2) is 0 Å². The highest BCUT2D eigenvalue weighted by Gasteiger charge is 2.13. The summed E-state index contributed by atoms with van der Waals surface area (Å²) in [6.07, 6.45) is 0. The number of fused-ring (bicyclic) bond motifs is 1. The van der Waals surface area contributed by atoms with Crippen LogP contribution < -0.4 is 5.32 Å². The number of halogens is 1. The number of nitrogens with zero attached hydrogens (tertiary/aromatic N) is 1. The van der Waals surface area contributed by atoms with Gasteiger partial charge >= 0.3 is 0 Å². The Labute approximate surface area is 123 Å². The van der Waals surface area contributed by atoms with Crippen molar-refractivity contribution in [1.29, 1.82) is 0 Å². The molecule has 4 heteroatoms. The summed E-state index contributed by atoms with van der Waals surface area (Å²) in [5.41, 5.74) is 0.938. The van der Waals surface area contributed by atoms with E-state index in [9.17, 15) is 0 Å². The van der Waals surface area contributed by atoms with Gasteiger partial charge in [-0.3, -0.25) is 0 Å². The lowest BCUT2D eigenvalue weighted by Gasteiger charge is -2.22. The highest BCUT2D eigenvalue weighted by atomic mass is 79.9. The lowest BCUT2D eigenvalue weighted by Crippen LogP contribution is -2.36. The standard InChI is InChI=1S/C15H21BrN2O/c1-10(18(3)4)9-17-11(2)15-8-12-7-13(16)5-6-14(12)19-15/h5-8,10-11,17H,9H2,1-4H3. The zero-order valence-electron chi connectivity index (χ0n) is 11.9. The topological polar surface area (TPSA) is 28.4 Å². The maximum Gasteiger partial charge on any atom is 0.134 e. The summed E-state index contributed by atoms with van der Waals surface area (Å²) >= 11 is 3.48. The second-order valence-electron chi connectivity index (χ2n) is 5.27. The van der Waals surface area contributed by atoms with E-state index in [0.717, 1.165) is 27.7 Å². The van der Waals surface area contributed by atoms with Crippen LogP contribution in [0.25, 0.3) is 11.0 Å². The largest absolute Gasteiger partial charge is 0.459 e. The molecule has 2 aromatic rings. The van der Waals surface area contributed by atoms with Crippen LogP contribution in [-0.4, -0.2) is 31.6 Å². The maximum absolute atomic E-state index is 5.88. The second-order valence-corrected chi connectivity index (χ2v) is 6.19. The molecule has 2 atom stereocenters. The quantitative estimate of drug-likeness (QED) is 0.906. The molecule has 0 saturated heterocycles. The van der Waals surface area contributed by atoms with Gasteiger partial charge in [-0.1, -0.05) is 15.9 Å². The van der Waals surface area contributed by atoms with E-state index in [-0.39, 0.29) is 6.04 Å². The molecule has 0 aliphatic rings. The highest BCUT2D eigenvalue weighted by molar-refractivity contribution is 9.10. The Morgan fingerprint density at radius 2 is 2.00 bits per heavy atom. The molecule has 0 spiro atoms. The van der Waals surface area contributed by atoms with Crippen molar-refractivity contribution in [1.82, 2.24) is 10.2 Å². The summed E-state index contributed by atoms with van der Waals surface area (Å²) in [5.74, 6) is 0.985. The van der Waals surface area contributed by atoms with E-state index in [1.165, 1.54) is 0 Å². The molecule has 1 N–H and O–H groups in total. The number of benzene rings is 1. The van der Waals surface area contributed by atoms with Crippen molar-refractivity contribution in [2.75, 3.05) is 20.6 Å². The fraction of sp³-hybridized carbons (Fsp3) is 0.467. The summed E-state index contributed by atoms with van der Waals surface area (Å²) < 4.78 is 6.96. The monoisotopic (exact) mass is 324 g/mol. The molecule has 0 aliphatic carbocycles. The van der Waals surface area contributed by atoms with Gasteiger partial charge in [-0.2, -0.15) is 0 Å². The molecular formula is C15H21BrN2O. The van der Waals surface area contributed by atoms with Crippen LogP contribution in [-0.2, 0) is 0 Å². The minimum atomic E-state index is 0.216. The Bertz CT molecular complexity index is 550. The Morgan fingerprint density at radius 1 is 1.26 bits per heavy atom. The van der Waals surface area contributed by atoms with Gasteiger partial charge in [0.2, 0.25) is 0 Å². The summed E-state index contributed by atoms with van der Waals surface area (Å²) in [7, 11) is 4.19. The van der Waals surface area contributed by atoms with Gasteiger partial charge in [-0.05, 0) is 52.2 Å². The average Bonchev–Trinajstić information content (AvgIpc) is 2.78. The predicted molar refractivity (Wildman–Crippen MR) is 83.5 cm³/mol. The Balaban J connectivity index is 2.07. The summed E-state index contributed by atoms with van der Waals surface area (Å²) in [4.78, 5) is 2.20. The Hall–Kier alpha value is -0.840. The third-order valence-electron chi connectivity index (χ3n) is 3.53. The molecule has 1 aromatic carbocycles. The molecule has 0 bridgehead atoms. The molecule has 0 amide bonds. The average molecular weight is 325 g/mol. The van der Waals surface area contributed by atoms with Crippen LogP contribution in [0.3, 0.4) is 0 Å². The van der Waals surface area contributed by atoms with E-state index in [2.05, 4.69) is 66.2 Å². The van der Waals surface area contributed by atoms with Crippen molar-refractivity contribution in [3.8, 4) is 0 Å². The summed E-state index contributed by atoms with van der Waals surface area (Å²) in [6, 6.07) is 8.91. The van der Waals surface area contributed by atoms with E-state index in [0.29, 0.717) is 6.04 Å². The first-order valence-electron chi connectivity index (χ1n) is 6.56. The lowest BCUT2D eigenvalue weighted by atomic mass is 10.2. The van der Waals surface area contributed by atoms with Gasteiger partial charge in [0.25, 0.3) is 0 Å². The first-order chi connectivity index (χ1) is 8.97. The van der Waals surface area contributed by atoms with Gasteiger partial charge in [0, 0.05) is 22.4 Å². The van der Waals surface area contributed by atoms with Gasteiger partial charge in [0.15, 0.2) is 0 Å². The lowest BCUT2D eigenvalue weighted by molar-refractivity contribution is 0.290. The van der Waals surface area contributed by atoms with E-state index in [1.54, 1.807) is 0 Å². The first-order valence-corrected chi connectivity index (χ1v) is 7.35. The van der Waals surface area contributed by atoms with Gasteiger partial charge in [0.05, 0.1) is 6.04 Å². The molecular weight excluding hydrogens is 304 g/mol. The molecule has 3 nitrogen and oxygen atoms in total. The van der Waals surface area contributed by atoms with Gasteiger partial charge in [0.1, 0.15) is 11.3 Å². The molecule has 0 radical (unpaired) electrons. The number of rotatable bonds is 5. The number of nitrogens with one attached hydrogen (secondary N) is 1. The number of hydrogen-bond donors (Lipinski definition) is 1. The van der Waals surface area contributed by atoms with Gasteiger partial charge in [-0.15, -0.1) is 0 Å². The van der Waals surface area contributed by atoms with Crippen LogP contribution in [0.4, 0.5) is 0 Å². The SMILES string of the molecule is CC(NCC(C)N(C)C)c1cc2cc(Br)ccc2o1. The van der Waals surface area contributed by atoms with E-state index in [4.69, 9.17) is 4.42 Å². The highest BCUT2D eigenvalue weighted by Crippen LogP contribution is 2.26. The van der Waals surface area contributed by atoms with E-state index < -0.39 is 0 Å². The molecule has 0 saturated carbocycles. The fourth-order valence-electron chi connectivity index (χ4n) is 1.88. The van der Waals surface area contributed by atoms with Crippen molar-refractivity contribution >= 4 is 26.9 Å². The first kappa shape index (κ1) is 14.6. The Morgan fingerprint density at radius 3 is 2.68 bits per heavy atom. The molecule has 0 aliphatic heterocycles. The maximum atomic E-state index is 5.88. The van der Waals surface area contributed by atoms with Crippen molar-refractivity contribution in [2.24, 2.45) is 0 Å². The number of likely N-dealkylation sites (N-methyl/N-ethyl adjacent to an activating group) is 1. The van der Waals surface area contributed by atoms with E-state index >= 15 is 0 Å². The minimum absolute atomic E-state index is 0.216. The summed E-state index contributed by atoms with van der Waals surface area (Å²) in [5, 5.41) is 4.65. The third-order valence-corrected chi connectivity index (χ3v) is 4.02. The normalized spacial score (nSPS) is 15.1. The minimum Gasteiger partial charge on any atom is -0.459 e. The van der Waals surface area contributed by atoms with Crippen LogP contribution in [0.2, 0.25) is 0 Å². The van der Waals surface area contributed by atoms with Crippen molar-refractivity contribution in [3.05, 3.63) is 34.5 Å². The zero-order valence-corrected chi connectivity index (χ0v) is 13.5. The molecule has 0 fully saturated rings. The van der Waals surface area contributed by atoms with Crippen LogP contribution >= 0.6 is 15.9 Å². The molecule has 104 valence electrons. The van der Waals surface area contributed by atoms with Crippen molar-refractivity contribution in [2.45, 2.75) is 25.9 Å². The smallest absolute Gasteiger partial charge is 0.134 e. The predicted octanol–water partition coefficient (Wildman–Crippen LogP) is 3.80. The van der Waals surface area contributed by atoms with Crippen LogP contribution in [0.1, 0.15) is 25.6 Å². The molecule has 2 rings (SSSR count). The zero-order chi connectivity index (χ0) is 14.0. The number of furan rings is 1. The fourth-order valence-corrected chi connectivity index (χ4v) is 2.26. The molecule has 1 aromatic heterocycles. The van der Waals surface area contributed by atoms with Crippen LogP contribution in [0, 0.1) is 0 Å².